The van der Waals surface area contributed by atoms with Crippen LogP contribution in [0.4, 0.5) is 11.4 Å². The van der Waals surface area contributed by atoms with Crippen LogP contribution in [0.1, 0.15) is 40.2 Å². The molecule has 0 aromatic heterocycles. The van der Waals surface area contributed by atoms with Crippen molar-refractivity contribution in [2.75, 3.05) is 36.0 Å². The Bertz CT molecular complexity index is 1150. The summed E-state index contributed by atoms with van der Waals surface area (Å²) in [6.07, 6.45) is 1.45. The first kappa shape index (κ1) is 27.1. The molecule has 6 heteroatoms. The summed E-state index contributed by atoms with van der Waals surface area (Å²) in [7, 11) is 0. The van der Waals surface area contributed by atoms with E-state index in [0.717, 1.165) is 43.9 Å². The maximum Gasteiger partial charge on any atom is 0.227 e. The van der Waals surface area contributed by atoms with Crippen molar-refractivity contribution < 1.29 is 4.79 Å². The van der Waals surface area contributed by atoms with Gasteiger partial charge in [0.05, 0.1) is 6.54 Å². The van der Waals surface area contributed by atoms with Gasteiger partial charge in [0.25, 0.3) is 0 Å². The van der Waals surface area contributed by atoms with Crippen molar-refractivity contribution in [3.63, 3.8) is 0 Å². The monoisotopic (exact) mass is 511 g/mol. The summed E-state index contributed by atoms with van der Waals surface area (Å²) in [5.41, 5.74) is 8.75. The first-order valence-electron chi connectivity index (χ1n) is 12.1. The van der Waals surface area contributed by atoms with E-state index in [1.54, 1.807) is 0 Å². The third-order valence-corrected chi connectivity index (χ3v) is 7.18. The van der Waals surface area contributed by atoms with E-state index < -0.39 is 0 Å². The topological polar surface area (TPSA) is 35.6 Å². The van der Waals surface area contributed by atoms with Crippen molar-refractivity contribution in [2.24, 2.45) is 0 Å². The summed E-state index contributed by atoms with van der Waals surface area (Å²) < 4.78 is 0. The molecule has 1 fully saturated rings. The molecule has 1 N–H and O–H groups in total. The van der Waals surface area contributed by atoms with E-state index in [-0.39, 0.29) is 36.6 Å². The maximum absolute atomic E-state index is 13.4. The third-order valence-electron chi connectivity index (χ3n) is 7.18. The summed E-state index contributed by atoms with van der Waals surface area (Å²) in [5, 5.41) is 3.44. The second-order valence-electron chi connectivity index (χ2n) is 9.47. The Morgan fingerprint density at radius 2 is 1.60 bits per heavy atom. The number of nitrogens with zero attached hydrogens (tertiary/aromatic N) is 2. The summed E-state index contributed by atoms with van der Waals surface area (Å²) in [4.78, 5) is 17.8. The van der Waals surface area contributed by atoms with Gasteiger partial charge in [-0.15, -0.1) is 24.8 Å². The molecule has 186 valence electrons. The van der Waals surface area contributed by atoms with Crippen LogP contribution in [0.25, 0.3) is 0 Å². The molecule has 0 spiro atoms. The van der Waals surface area contributed by atoms with Gasteiger partial charge < -0.3 is 15.1 Å². The van der Waals surface area contributed by atoms with E-state index in [2.05, 4.69) is 72.6 Å². The van der Waals surface area contributed by atoms with Gasteiger partial charge in [-0.3, -0.25) is 4.79 Å². The molecule has 5 rings (SSSR count). The normalized spacial score (nSPS) is 17.3. The number of nitrogens with one attached hydrogen (secondary N) is 1. The van der Waals surface area contributed by atoms with Gasteiger partial charge >= 0.3 is 0 Å². The summed E-state index contributed by atoms with van der Waals surface area (Å²) in [5.74, 6) is 0.416. The Morgan fingerprint density at radius 1 is 0.857 bits per heavy atom. The number of hydrogen-bond donors (Lipinski definition) is 1. The first-order chi connectivity index (χ1) is 16.1. The van der Waals surface area contributed by atoms with Gasteiger partial charge in [0.2, 0.25) is 5.91 Å². The van der Waals surface area contributed by atoms with Crippen LogP contribution in [-0.4, -0.2) is 32.1 Å². The lowest BCUT2D eigenvalue weighted by molar-refractivity contribution is -0.119. The third kappa shape index (κ3) is 6.00. The van der Waals surface area contributed by atoms with Gasteiger partial charge in [-0.25, -0.2) is 0 Å². The molecule has 4 nitrogen and oxygen atoms in total. The number of amides is 1. The van der Waals surface area contributed by atoms with Crippen LogP contribution in [0.3, 0.4) is 0 Å². The largest absolute Gasteiger partial charge is 0.369 e. The Hall–Kier alpha value is -2.53. The number of hydrogen-bond acceptors (Lipinski definition) is 3. The highest BCUT2D eigenvalue weighted by atomic mass is 35.5. The highest BCUT2D eigenvalue weighted by Crippen LogP contribution is 2.41. The zero-order chi connectivity index (χ0) is 22.8. The zero-order valence-corrected chi connectivity index (χ0v) is 22.1. The standard InChI is InChI=1S/C29H33N3O.2ClH/c1-21-8-9-24(16-22(21)2)17-25-18-29(33)32(20-23-6-4-3-5-7-23)28-11-10-26(19-27(25)28)31-14-12-30-13-15-31;;/h3-11,16,19,25,30H,12-15,17-18,20H2,1-2H3;2*1H. The smallest absolute Gasteiger partial charge is 0.227 e. The maximum atomic E-state index is 13.4. The molecule has 1 saturated heterocycles. The Morgan fingerprint density at radius 3 is 2.31 bits per heavy atom. The SMILES string of the molecule is Cc1ccc(CC2CC(=O)N(Cc3ccccc3)c3ccc(N4CCNCC4)cc32)cc1C.Cl.Cl. The minimum atomic E-state index is 0. The van der Waals surface area contributed by atoms with Gasteiger partial charge in [-0.2, -0.15) is 0 Å². The van der Waals surface area contributed by atoms with Gasteiger partial charge in [0, 0.05) is 44.0 Å². The number of benzene rings is 3. The van der Waals surface area contributed by atoms with Crippen LogP contribution >= 0.6 is 24.8 Å². The first-order valence-corrected chi connectivity index (χ1v) is 12.1. The van der Waals surface area contributed by atoms with Crippen molar-refractivity contribution in [1.29, 1.82) is 0 Å². The number of carbonyl (C=O) groups excluding carboxylic acids is 1. The van der Waals surface area contributed by atoms with Crippen LogP contribution in [0, 0.1) is 13.8 Å². The number of halogens is 2. The minimum absolute atomic E-state index is 0. The van der Waals surface area contributed by atoms with Crippen LogP contribution in [0.15, 0.2) is 66.7 Å². The molecular formula is C29H35Cl2N3O. The quantitative estimate of drug-likeness (QED) is 0.468. The fourth-order valence-corrected chi connectivity index (χ4v) is 5.14. The molecule has 1 unspecified atom stereocenters. The molecule has 3 aromatic carbocycles. The van der Waals surface area contributed by atoms with Crippen molar-refractivity contribution in [3.05, 3.63) is 94.5 Å². The zero-order valence-electron chi connectivity index (χ0n) is 20.5. The van der Waals surface area contributed by atoms with Gasteiger partial charge in [0.1, 0.15) is 0 Å². The second kappa shape index (κ2) is 11.9. The van der Waals surface area contributed by atoms with Crippen LogP contribution < -0.4 is 15.1 Å². The lowest BCUT2D eigenvalue weighted by Crippen LogP contribution is -2.43. The predicted molar refractivity (Wildman–Crippen MR) is 151 cm³/mol. The van der Waals surface area contributed by atoms with Crippen LogP contribution in [0.5, 0.6) is 0 Å². The molecule has 0 aliphatic carbocycles. The average Bonchev–Trinajstić information content (AvgIpc) is 2.85. The van der Waals surface area contributed by atoms with E-state index in [1.807, 2.05) is 23.1 Å². The molecule has 2 heterocycles. The molecule has 0 radical (unpaired) electrons. The number of aryl methyl sites for hydroxylation is 2. The molecule has 1 amide bonds. The van der Waals surface area contributed by atoms with E-state index in [0.29, 0.717) is 13.0 Å². The summed E-state index contributed by atoms with van der Waals surface area (Å²) in [6, 6.07) is 23.8. The second-order valence-corrected chi connectivity index (χ2v) is 9.47. The lowest BCUT2D eigenvalue weighted by atomic mass is 9.83. The van der Waals surface area contributed by atoms with E-state index in [4.69, 9.17) is 0 Å². The molecule has 35 heavy (non-hydrogen) atoms. The van der Waals surface area contributed by atoms with Gasteiger partial charge in [-0.05, 0) is 72.2 Å². The molecule has 0 bridgehead atoms. The fourth-order valence-electron chi connectivity index (χ4n) is 5.14. The van der Waals surface area contributed by atoms with E-state index in [1.165, 1.54) is 27.9 Å². The van der Waals surface area contributed by atoms with E-state index in [9.17, 15) is 4.79 Å². The van der Waals surface area contributed by atoms with Crippen molar-refractivity contribution in [3.8, 4) is 0 Å². The molecular weight excluding hydrogens is 477 g/mol. The summed E-state index contributed by atoms with van der Waals surface area (Å²) >= 11 is 0. The number of anilines is 2. The highest BCUT2D eigenvalue weighted by molar-refractivity contribution is 5.97. The number of piperazine rings is 1. The van der Waals surface area contributed by atoms with Crippen LogP contribution in [-0.2, 0) is 17.8 Å². The van der Waals surface area contributed by atoms with Crippen LogP contribution in [0.2, 0.25) is 0 Å². The highest BCUT2D eigenvalue weighted by Gasteiger charge is 2.32. The Balaban J connectivity index is 0.00000171. The molecule has 2 aliphatic heterocycles. The molecule has 2 aliphatic rings. The minimum Gasteiger partial charge on any atom is -0.369 e. The van der Waals surface area contributed by atoms with Gasteiger partial charge in [-0.1, -0.05) is 48.5 Å². The number of fused-ring (bicyclic) bond motifs is 1. The van der Waals surface area contributed by atoms with Gasteiger partial charge in [0.15, 0.2) is 0 Å². The number of rotatable bonds is 5. The van der Waals surface area contributed by atoms with Crippen molar-refractivity contribution >= 4 is 42.1 Å². The van der Waals surface area contributed by atoms with Crippen molar-refractivity contribution in [2.45, 2.75) is 39.2 Å². The fraction of sp³-hybridized carbons (Fsp3) is 0.345. The lowest BCUT2D eigenvalue weighted by Gasteiger charge is -2.36. The number of carbonyl (C=O) groups is 1. The molecule has 0 saturated carbocycles. The van der Waals surface area contributed by atoms with Crippen molar-refractivity contribution in [1.82, 2.24) is 5.32 Å². The molecule has 3 aromatic rings. The Labute approximate surface area is 221 Å². The molecule has 1 atom stereocenters. The van der Waals surface area contributed by atoms with E-state index >= 15 is 0 Å². The summed E-state index contributed by atoms with van der Waals surface area (Å²) in [6.45, 7) is 9.02. The average molecular weight is 513 g/mol. The Kier molecular flexibility index (Phi) is 9.23. The predicted octanol–water partition coefficient (Wildman–Crippen LogP) is 5.82.